The van der Waals surface area contributed by atoms with E-state index in [-0.39, 0.29) is 23.5 Å². The summed E-state index contributed by atoms with van der Waals surface area (Å²) >= 11 is 0. The number of likely N-dealkylation sites (N-methyl/N-ethyl adjacent to an activating group) is 1. The molecular weight excluding hydrogens is 408 g/mol. The van der Waals surface area contributed by atoms with Crippen molar-refractivity contribution in [1.82, 2.24) is 4.90 Å². The molecule has 0 aromatic heterocycles. The molecular formula is C23H25F2NO5. The predicted molar refractivity (Wildman–Crippen MR) is 112 cm³/mol. The van der Waals surface area contributed by atoms with E-state index in [2.05, 4.69) is 4.74 Å². The standard InChI is InChI=1S/C23H25F2NO5/c1-3-26(14-17-15-29-18-7-5-6-8-19(18)30-17)22(27)12-10-16-9-11-20(31-23(24)25)21(13-16)28-4-2/h5-13,17,23H,3-4,14-15H2,1-2H3. The summed E-state index contributed by atoms with van der Waals surface area (Å²) in [5.41, 5.74) is 0.626. The van der Waals surface area contributed by atoms with Gasteiger partial charge in [-0.3, -0.25) is 4.79 Å². The average molecular weight is 433 g/mol. The van der Waals surface area contributed by atoms with Gasteiger partial charge in [0, 0.05) is 12.6 Å². The second kappa shape index (κ2) is 10.7. The minimum atomic E-state index is -2.95. The van der Waals surface area contributed by atoms with Crippen LogP contribution in [0.4, 0.5) is 8.78 Å². The molecule has 0 spiro atoms. The van der Waals surface area contributed by atoms with Gasteiger partial charge >= 0.3 is 6.61 Å². The van der Waals surface area contributed by atoms with E-state index in [1.54, 1.807) is 30.0 Å². The van der Waals surface area contributed by atoms with Crippen LogP contribution in [0, 0.1) is 0 Å². The Morgan fingerprint density at radius 3 is 2.68 bits per heavy atom. The van der Waals surface area contributed by atoms with E-state index in [1.807, 2.05) is 31.2 Å². The number of nitrogens with zero attached hydrogens (tertiary/aromatic N) is 1. The molecule has 1 aliphatic rings. The van der Waals surface area contributed by atoms with E-state index in [1.165, 1.54) is 12.1 Å². The fraction of sp³-hybridized carbons (Fsp3) is 0.348. The van der Waals surface area contributed by atoms with Crippen molar-refractivity contribution in [3.63, 3.8) is 0 Å². The number of hydrogen-bond acceptors (Lipinski definition) is 5. The highest BCUT2D eigenvalue weighted by molar-refractivity contribution is 5.91. The Hall–Kier alpha value is -3.29. The maximum Gasteiger partial charge on any atom is 0.387 e. The van der Waals surface area contributed by atoms with Crippen molar-refractivity contribution in [2.45, 2.75) is 26.6 Å². The molecule has 3 rings (SSSR count). The zero-order chi connectivity index (χ0) is 22.2. The number of carbonyl (C=O) groups excluding carboxylic acids is 1. The molecule has 8 heteroatoms. The number of hydrogen-bond donors (Lipinski definition) is 0. The van der Waals surface area contributed by atoms with Crippen LogP contribution in [-0.4, -0.2) is 49.8 Å². The SMILES string of the molecule is CCOc1cc(C=CC(=O)N(CC)CC2COc3ccccc3O2)ccc1OC(F)F. The van der Waals surface area contributed by atoms with Gasteiger partial charge in [-0.1, -0.05) is 18.2 Å². The van der Waals surface area contributed by atoms with E-state index in [0.717, 1.165) is 0 Å². The Kier molecular flexibility index (Phi) is 7.70. The van der Waals surface area contributed by atoms with Crippen LogP contribution in [0.25, 0.3) is 6.08 Å². The molecule has 2 aromatic rings. The van der Waals surface area contributed by atoms with Gasteiger partial charge in [-0.25, -0.2) is 0 Å². The van der Waals surface area contributed by atoms with Crippen LogP contribution in [0.3, 0.4) is 0 Å². The van der Waals surface area contributed by atoms with Crippen molar-refractivity contribution in [2.75, 3.05) is 26.3 Å². The lowest BCUT2D eigenvalue weighted by atomic mass is 10.2. The van der Waals surface area contributed by atoms with Gasteiger partial charge in [-0.2, -0.15) is 8.78 Å². The first-order chi connectivity index (χ1) is 15.0. The Morgan fingerprint density at radius 1 is 1.19 bits per heavy atom. The smallest absolute Gasteiger partial charge is 0.387 e. The van der Waals surface area contributed by atoms with Gasteiger partial charge < -0.3 is 23.8 Å². The molecule has 1 heterocycles. The maximum atomic E-state index is 12.7. The van der Waals surface area contributed by atoms with Crippen LogP contribution in [-0.2, 0) is 4.79 Å². The first-order valence-electron chi connectivity index (χ1n) is 10.1. The van der Waals surface area contributed by atoms with Gasteiger partial charge in [-0.05, 0) is 49.8 Å². The van der Waals surface area contributed by atoms with Gasteiger partial charge in [0.1, 0.15) is 6.61 Å². The molecule has 2 aromatic carbocycles. The molecule has 1 aliphatic heterocycles. The third-order valence-corrected chi connectivity index (χ3v) is 4.59. The van der Waals surface area contributed by atoms with Crippen LogP contribution < -0.4 is 18.9 Å². The molecule has 1 atom stereocenters. The van der Waals surface area contributed by atoms with Gasteiger partial charge in [0.25, 0.3) is 0 Å². The molecule has 1 amide bonds. The highest BCUT2D eigenvalue weighted by atomic mass is 19.3. The van der Waals surface area contributed by atoms with Gasteiger partial charge in [0.05, 0.1) is 13.2 Å². The Morgan fingerprint density at radius 2 is 1.97 bits per heavy atom. The average Bonchev–Trinajstić information content (AvgIpc) is 2.77. The van der Waals surface area contributed by atoms with Crippen molar-refractivity contribution in [2.24, 2.45) is 0 Å². The summed E-state index contributed by atoms with van der Waals surface area (Å²) in [6.45, 7) is 2.20. The van der Waals surface area contributed by atoms with Crippen molar-refractivity contribution >= 4 is 12.0 Å². The number of carbonyl (C=O) groups is 1. The second-order valence-electron chi connectivity index (χ2n) is 6.73. The molecule has 0 saturated carbocycles. The zero-order valence-electron chi connectivity index (χ0n) is 17.4. The molecule has 31 heavy (non-hydrogen) atoms. The normalized spacial score (nSPS) is 15.2. The third-order valence-electron chi connectivity index (χ3n) is 4.59. The number of para-hydroxylation sites is 2. The van der Waals surface area contributed by atoms with Crippen LogP contribution in [0.1, 0.15) is 19.4 Å². The number of fused-ring (bicyclic) bond motifs is 1. The van der Waals surface area contributed by atoms with Gasteiger partial charge in [0.15, 0.2) is 29.1 Å². The molecule has 0 fully saturated rings. The predicted octanol–water partition coefficient (Wildman–Crippen LogP) is 4.39. The fourth-order valence-corrected chi connectivity index (χ4v) is 3.14. The Bertz CT molecular complexity index is 919. The van der Waals surface area contributed by atoms with Crippen molar-refractivity contribution in [1.29, 1.82) is 0 Å². The van der Waals surface area contributed by atoms with Crippen molar-refractivity contribution in [3.05, 3.63) is 54.1 Å². The molecule has 1 unspecified atom stereocenters. The van der Waals surface area contributed by atoms with E-state index in [9.17, 15) is 13.6 Å². The number of ether oxygens (including phenoxy) is 4. The van der Waals surface area contributed by atoms with Crippen LogP contribution in [0.2, 0.25) is 0 Å². The van der Waals surface area contributed by atoms with Crippen LogP contribution in [0.15, 0.2) is 48.5 Å². The topological polar surface area (TPSA) is 57.2 Å². The molecule has 0 saturated heterocycles. The number of rotatable bonds is 9. The number of amides is 1. The van der Waals surface area contributed by atoms with E-state index in [0.29, 0.717) is 43.4 Å². The van der Waals surface area contributed by atoms with Crippen molar-refractivity contribution < 1.29 is 32.5 Å². The van der Waals surface area contributed by atoms with E-state index < -0.39 is 6.61 Å². The summed E-state index contributed by atoms with van der Waals surface area (Å²) < 4.78 is 46.5. The zero-order valence-corrected chi connectivity index (χ0v) is 17.4. The number of halogens is 2. The number of alkyl halides is 2. The van der Waals surface area contributed by atoms with Crippen LogP contribution >= 0.6 is 0 Å². The Balaban J connectivity index is 1.64. The summed E-state index contributed by atoms with van der Waals surface area (Å²) in [5.74, 6) is 1.29. The second-order valence-corrected chi connectivity index (χ2v) is 6.73. The lowest BCUT2D eigenvalue weighted by Crippen LogP contribution is -2.43. The lowest BCUT2D eigenvalue weighted by Gasteiger charge is -2.30. The summed E-state index contributed by atoms with van der Waals surface area (Å²) in [7, 11) is 0. The van der Waals surface area contributed by atoms with Crippen LogP contribution in [0.5, 0.6) is 23.0 Å². The molecule has 166 valence electrons. The molecule has 0 bridgehead atoms. The first kappa shape index (κ1) is 22.4. The summed E-state index contributed by atoms with van der Waals surface area (Å²) in [4.78, 5) is 14.3. The molecule has 0 N–H and O–H groups in total. The van der Waals surface area contributed by atoms with E-state index in [4.69, 9.17) is 14.2 Å². The first-order valence-corrected chi connectivity index (χ1v) is 10.1. The molecule has 0 radical (unpaired) electrons. The summed E-state index contributed by atoms with van der Waals surface area (Å²) in [6, 6.07) is 11.9. The Labute approximate surface area is 180 Å². The minimum Gasteiger partial charge on any atom is -0.490 e. The lowest BCUT2D eigenvalue weighted by molar-refractivity contribution is -0.127. The van der Waals surface area contributed by atoms with Gasteiger partial charge in [0.2, 0.25) is 5.91 Å². The highest BCUT2D eigenvalue weighted by Gasteiger charge is 2.24. The van der Waals surface area contributed by atoms with Crippen molar-refractivity contribution in [3.8, 4) is 23.0 Å². The summed E-state index contributed by atoms with van der Waals surface area (Å²) in [5, 5.41) is 0. The largest absolute Gasteiger partial charge is 0.490 e. The maximum absolute atomic E-state index is 12.7. The minimum absolute atomic E-state index is 0.0507. The van der Waals surface area contributed by atoms with E-state index >= 15 is 0 Å². The molecule has 0 aliphatic carbocycles. The quantitative estimate of drug-likeness (QED) is 0.549. The third kappa shape index (κ3) is 6.10. The fourth-order valence-electron chi connectivity index (χ4n) is 3.14. The summed E-state index contributed by atoms with van der Waals surface area (Å²) in [6.07, 6.45) is 2.76. The highest BCUT2D eigenvalue weighted by Crippen LogP contribution is 2.31. The molecule has 6 nitrogen and oxygen atoms in total. The van der Waals surface area contributed by atoms with Gasteiger partial charge in [-0.15, -0.1) is 0 Å². The monoisotopic (exact) mass is 433 g/mol. The number of benzene rings is 2.